The number of aryl methyl sites for hydroxylation is 4. The van der Waals surface area contributed by atoms with Gasteiger partial charge in [-0.05, 0) is 45.0 Å². The monoisotopic (exact) mass is 273 g/mol. The molecule has 0 amide bonds. The van der Waals surface area contributed by atoms with Crippen LogP contribution in [-0.4, -0.2) is 26.5 Å². The van der Waals surface area contributed by atoms with E-state index in [0.29, 0.717) is 0 Å². The summed E-state index contributed by atoms with van der Waals surface area (Å²) in [7, 11) is 1.99. The van der Waals surface area contributed by atoms with Gasteiger partial charge in [0.05, 0.1) is 17.1 Å². The van der Waals surface area contributed by atoms with Gasteiger partial charge < -0.3 is 5.32 Å². The van der Waals surface area contributed by atoms with Crippen molar-refractivity contribution in [3.8, 4) is 0 Å². The Morgan fingerprint density at radius 2 is 1.90 bits per heavy atom. The minimum Gasteiger partial charge on any atom is -0.310 e. The van der Waals surface area contributed by atoms with Crippen LogP contribution >= 0.6 is 0 Å². The average molecular weight is 273 g/mol. The lowest BCUT2D eigenvalue weighted by Gasteiger charge is -2.20. The van der Waals surface area contributed by atoms with Crippen molar-refractivity contribution in [1.82, 2.24) is 25.3 Å². The van der Waals surface area contributed by atoms with E-state index in [0.717, 1.165) is 30.0 Å². The molecule has 20 heavy (non-hydrogen) atoms. The van der Waals surface area contributed by atoms with Crippen LogP contribution in [0.1, 0.15) is 41.3 Å². The number of likely N-dealkylation sites (N-methyl/N-ethyl adjacent to an activating group) is 1. The summed E-state index contributed by atoms with van der Waals surface area (Å²) in [5, 5.41) is 16.3. The van der Waals surface area contributed by atoms with Crippen molar-refractivity contribution in [2.24, 2.45) is 7.05 Å². The van der Waals surface area contributed by atoms with Crippen molar-refractivity contribution in [1.29, 1.82) is 0 Å². The predicted molar refractivity (Wildman–Crippen MR) is 79.6 cm³/mol. The summed E-state index contributed by atoms with van der Waals surface area (Å²) >= 11 is 0. The Balaban J connectivity index is 2.31. The summed E-state index contributed by atoms with van der Waals surface area (Å²) in [5.74, 6) is 0. The van der Waals surface area contributed by atoms with E-state index in [-0.39, 0.29) is 6.04 Å². The Morgan fingerprint density at radius 3 is 2.50 bits per heavy atom. The fourth-order valence-corrected chi connectivity index (χ4v) is 2.53. The molecule has 0 saturated carbocycles. The van der Waals surface area contributed by atoms with Crippen molar-refractivity contribution in [2.75, 3.05) is 6.54 Å². The highest BCUT2D eigenvalue weighted by molar-refractivity contribution is 5.26. The molecule has 5 nitrogen and oxygen atoms in total. The van der Waals surface area contributed by atoms with Crippen molar-refractivity contribution >= 4 is 0 Å². The fourth-order valence-electron chi connectivity index (χ4n) is 2.53. The van der Waals surface area contributed by atoms with E-state index in [9.17, 15) is 0 Å². The highest BCUT2D eigenvalue weighted by atomic mass is 15.3. The Bertz CT molecular complexity index is 588. The number of aromatic nitrogens is 4. The van der Waals surface area contributed by atoms with Gasteiger partial charge in [-0.3, -0.25) is 4.68 Å². The van der Waals surface area contributed by atoms with Crippen LogP contribution in [0.2, 0.25) is 0 Å². The van der Waals surface area contributed by atoms with Crippen LogP contribution in [-0.2, 0) is 13.5 Å². The molecule has 0 aliphatic rings. The Hall–Kier alpha value is -1.75. The largest absolute Gasteiger partial charge is 0.310 e. The molecule has 0 fully saturated rings. The second-order valence-electron chi connectivity index (χ2n) is 5.24. The molecule has 2 heterocycles. The first kappa shape index (κ1) is 14.7. The van der Waals surface area contributed by atoms with Gasteiger partial charge >= 0.3 is 0 Å². The predicted octanol–water partition coefficient (Wildman–Crippen LogP) is 2.03. The second kappa shape index (κ2) is 6.13. The standard InChI is InChI=1S/C15H23N5/c1-6-16-15(9-13-7-11(3)19-20(13)5)14-8-10(2)17-18-12(14)4/h7-8,15-16H,6,9H2,1-5H3. The first-order chi connectivity index (χ1) is 9.51. The van der Waals surface area contributed by atoms with Crippen molar-refractivity contribution in [3.05, 3.63) is 40.5 Å². The summed E-state index contributed by atoms with van der Waals surface area (Å²) < 4.78 is 1.95. The average Bonchev–Trinajstić information content (AvgIpc) is 2.70. The summed E-state index contributed by atoms with van der Waals surface area (Å²) in [6.45, 7) is 9.06. The van der Waals surface area contributed by atoms with E-state index in [1.165, 1.54) is 11.3 Å². The molecular formula is C15H23N5. The molecule has 1 atom stereocenters. The van der Waals surface area contributed by atoms with Crippen LogP contribution < -0.4 is 5.32 Å². The fraction of sp³-hybridized carbons (Fsp3) is 0.533. The van der Waals surface area contributed by atoms with Gasteiger partial charge in [-0.2, -0.15) is 15.3 Å². The summed E-state index contributed by atoms with van der Waals surface area (Å²) in [6, 6.07) is 4.50. The van der Waals surface area contributed by atoms with Gasteiger partial charge in [-0.15, -0.1) is 0 Å². The summed E-state index contributed by atoms with van der Waals surface area (Å²) in [6.07, 6.45) is 0.900. The zero-order valence-electron chi connectivity index (χ0n) is 12.9. The van der Waals surface area contributed by atoms with Gasteiger partial charge in [0.2, 0.25) is 0 Å². The van der Waals surface area contributed by atoms with Gasteiger partial charge in [0.25, 0.3) is 0 Å². The number of hydrogen-bond donors (Lipinski definition) is 1. The Labute approximate surface area is 120 Å². The minimum absolute atomic E-state index is 0.240. The lowest BCUT2D eigenvalue weighted by atomic mass is 10.00. The van der Waals surface area contributed by atoms with Gasteiger partial charge in [0, 0.05) is 25.2 Å². The maximum absolute atomic E-state index is 4.42. The highest BCUT2D eigenvalue weighted by Crippen LogP contribution is 2.21. The van der Waals surface area contributed by atoms with E-state index >= 15 is 0 Å². The van der Waals surface area contributed by atoms with E-state index in [1.807, 2.05) is 32.5 Å². The molecule has 0 spiro atoms. The molecule has 108 valence electrons. The van der Waals surface area contributed by atoms with Gasteiger partial charge in [0.1, 0.15) is 0 Å². The molecule has 1 unspecified atom stereocenters. The quantitative estimate of drug-likeness (QED) is 0.905. The molecule has 0 bridgehead atoms. The third-order valence-corrected chi connectivity index (χ3v) is 3.48. The number of nitrogens with zero attached hydrogens (tertiary/aromatic N) is 4. The topological polar surface area (TPSA) is 55.6 Å². The number of rotatable bonds is 5. The molecule has 0 saturated heterocycles. The van der Waals surface area contributed by atoms with E-state index in [4.69, 9.17) is 0 Å². The van der Waals surface area contributed by atoms with Gasteiger partial charge in [-0.1, -0.05) is 6.92 Å². The SMILES string of the molecule is CCNC(Cc1cc(C)nn1C)c1cc(C)nnc1C. The van der Waals surface area contributed by atoms with Crippen LogP contribution in [0.5, 0.6) is 0 Å². The third-order valence-electron chi connectivity index (χ3n) is 3.48. The number of nitrogens with one attached hydrogen (secondary N) is 1. The van der Waals surface area contributed by atoms with Crippen molar-refractivity contribution in [3.63, 3.8) is 0 Å². The van der Waals surface area contributed by atoms with Crippen LogP contribution in [0.4, 0.5) is 0 Å². The van der Waals surface area contributed by atoms with Gasteiger partial charge in [-0.25, -0.2) is 0 Å². The van der Waals surface area contributed by atoms with E-state index < -0.39 is 0 Å². The Kier molecular flexibility index (Phi) is 4.49. The number of hydrogen-bond acceptors (Lipinski definition) is 4. The summed E-state index contributed by atoms with van der Waals surface area (Å²) in [4.78, 5) is 0. The zero-order chi connectivity index (χ0) is 14.7. The second-order valence-corrected chi connectivity index (χ2v) is 5.24. The molecular weight excluding hydrogens is 250 g/mol. The normalized spacial score (nSPS) is 12.7. The molecule has 2 aromatic heterocycles. The van der Waals surface area contributed by atoms with Crippen LogP contribution in [0.15, 0.2) is 12.1 Å². The maximum atomic E-state index is 4.42. The zero-order valence-corrected chi connectivity index (χ0v) is 12.9. The molecule has 2 aromatic rings. The first-order valence-electron chi connectivity index (χ1n) is 7.05. The molecule has 0 aliphatic heterocycles. The minimum atomic E-state index is 0.240. The molecule has 2 rings (SSSR count). The molecule has 0 aliphatic carbocycles. The smallest absolute Gasteiger partial charge is 0.0648 e. The van der Waals surface area contributed by atoms with Crippen molar-refractivity contribution < 1.29 is 0 Å². The third kappa shape index (κ3) is 3.22. The molecule has 1 N–H and O–H groups in total. The van der Waals surface area contributed by atoms with Gasteiger partial charge in [0.15, 0.2) is 0 Å². The van der Waals surface area contributed by atoms with Crippen LogP contribution in [0, 0.1) is 20.8 Å². The maximum Gasteiger partial charge on any atom is 0.0648 e. The van der Waals surface area contributed by atoms with E-state index in [1.54, 1.807) is 0 Å². The van der Waals surface area contributed by atoms with Crippen molar-refractivity contribution in [2.45, 2.75) is 40.2 Å². The lowest BCUT2D eigenvalue weighted by molar-refractivity contribution is 0.522. The van der Waals surface area contributed by atoms with Crippen LogP contribution in [0.25, 0.3) is 0 Å². The highest BCUT2D eigenvalue weighted by Gasteiger charge is 2.17. The van der Waals surface area contributed by atoms with Crippen LogP contribution in [0.3, 0.4) is 0 Å². The summed E-state index contributed by atoms with van der Waals surface area (Å²) in [5.41, 5.74) is 5.44. The van der Waals surface area contributed by atoms with E-state index in [2.05, 4.69) is 39.7 Å². The molecule has 0 radical (unpaired) electrons. The molecule has 5 heteroatoms. The lowest BCUT2D eigenvalue weighted by Crippen LogP contribution is -2.25. The molecule has 0 aromatic carbocycles. The first-order valence-corrected chi connectivity index (χ1v) is 7.05. The Morgan fingerprint density at radius 1 is 1.15 bits per heavy atom.